The van der Waals surface area contributed by atoms with E-state index in [4.69, 9.17) is 4.42 Å². The maximum atomic E-state index is 5.65. The molecule has 3 unspecified atom stereocenters. The van der Waals surface area contributed by atoms with Crippen molar-refractivity contribution < 1.29 is 4.42 Å². The van der Waals surface area contributed by atoms with E-state index in [1.807, 2.05) is 6.26 Å². The van der Waals surface area contributed by atoms with Crippen LogP contribution in [0.15, 0.2) is 16.7 Å². The second kappa shape index (κ2) is 3.13. The lowest BCUT2D eigenvalue weighted by atomic mass is 9.76. The molecule has 0 bridgehead atoms. The molecule has 86 valence electrons. The van der Waals surface area contributed by atoms with E-state index in [2.05, 4.69) is 11.4 Å². The van der Waals surface area contributed by atoms with E-state index in [9.17, 15) is 0 Å². The molecule has 2 saturated carbocycles. The first-order valence-electron chi connectivity index (χ1n) is 6.72. The number of furan rings is 1. The Labute approximate surface area is 96.4 Å². The third kappa shape index (κ3) is 1.01. The number of nitrogens with one attached hydrogen (secondary N) is 1. The highest BCUT2D eigenvalue weighted by molar-refractivity contribution is 5.33. The molecule has 2 fully saturated rings. The molecule has 16 heavy (non-hydrogen) atoms. The summed E-state index contributed by atoms with van der Waals surface area (Å²) in [6, 6.07) is 2.22. The van der Waals surface area contributed by atoms with E-state index < -0.39 is 0 Å². The Hall–Kier alpha value is -0.760. The molecule has 1 aromatic heterocycles. The van der Waals surface area contributed by atoms with Gasteiger partial charge in [0.05, 0.1) is 11.8 Å². The molecule has 2 nitrogen and oxygen atoms in total. The van der Waals surface area contributed by atoms with Crippen LogP contribution in [0.25, 0.3) is 0 Å². The Balaban J connectivity index is 1.83. The molecule has 0 amide bonds. The Morgan fingerprint density at radius 2 is 2.31 bits per heavy atom. The summed E-state index contributed by atoms with van der Waals surface area (Å²) in [5.41, 5.74) is 1.79. The van der Waals surface area contributed by atoms with Crippen LogP contribution in [-0.4, -0.2) is 6.54 Å². The zero-order valence-electron chi connectivity index (χ0n) is 9.67. The fourth-order valence-corrected chi connectivity index (χ4v) is 4.61. The van der Waals surface area contributed by atoms with Gasteiger partial charge in [-0.15, -0.1) is 0 Å². The van der Waals surface area contributed by atoms with Crippen LogP contribution in [0.2, 0.25) is 0 Å². The summed E-state index contributed by atoms with van der Waals surface area (Å²) in [4.78, 5) is 0. The molecule has 1 N–H and O–H groups in total. The fourth-order valence-electron chi connectivity index (χ4n) is 4.61. The summed E-state index contributed by atoms with van der Waals surface area (Å²) in [6.45, 7) is 1.10. The van der Waals surface area contributed by atoms with Crippen LogP contribution >= 0.6 is 0 Å². The minimum absolute atomic E-state index is 0.293. The molecule has 1 aliphatic heterocycles. The average molecular weight is 217 g/mol. The minimum Gasteiger partial charge on any atom is -0.469 e. The van der Waals surface area contributed by atoms with Crippen LogP contribution in [0.1, 0.15) is 43.4 Å². The smallest absolute Gasteiger partial charge is 0.110 e. The first kappa shape index (κ1) is 9.29. The summed E-state index contributed by atoms with van der Waals surface area (Å²) in [5, 5.41) is 3.85. The molecule has 2 heteroatoms. The second-order valence-electron chi connectivity index (χ2n) is 5.74. The van der Waals surface area contributed by atoms with E-state index >= 15 is 0 Å². The number of fused-ring (bicyclic) bond motifs is 4. The highest BCUT2D eigenvalue weighted by Gasteiger charge is 2.53. The summed E-state index contributed by atoms with van der Waals surface area (Å²) >= 11 is 0. The molecule has 0 aromatic carbocycles. The van der Waals surface area contributed by atoms with Gasteiger partial charge in [-0.2, -0.15) is 0 Å². The standard InChI is InChI=1S/C14H19NO/c1-2-10-4-7-14(11(10)3-1)12-6-9-16-13(12)5-8-15-14/h6,9-11,15H,1-5,7-8H2. The second-order valence-corrected chi connectivity index (χ2v) is 5.74. The molecule has 0 saturated heterocycles. The van der Waals surface area contributed by atoms with Gasteiger partial charge in [-0.1, -0.05) is 12.8 Å². The van der Waals surface area contributed by atoms with Crippen molar-refractivity contribution in [1.82, 2.24) is 5.32 Å². The number of hydrogen-bond acceptors (Lipinski definition) is 2. The van der Waals surface area contributed by atoms with E-state index in [1.165, 1.54) is 43.4 Å². The zero-order chi connectivity index (χ0) is 10.6. The van der Waals surface area contributed by atoms with Crippen LogP contribution in [0.5, 0.6) is 0 Å². The summed E-state index contributed by atoms with van der Waals surface area (Å²) < 4.78 is 5.65. The predicted molar refractivity (Wildman–Crippen MR) is 62.2 cm³/mol. The maximum Gasteiger partial charge on any atom is 0.110 e. The molecule has 4 rings (SSSR count). The molecule has 1 spiro atoms. The monoisotopic (exact) mass is 217 g/mol. The summed E-state index contributed by atoms with van der Waals surface area (Å²) in [6.07, 6.45) is 10.0. The van der Waals surface area contributed by atoms with Crippen molar-refractivity contribution in [3.8, 4) is 0 Å². The van der Waals surface area contributed by atoms with Gasteiger partial charge in [0.15, 0.2) is 0 Å². The van der Waals surface area contributed by atoms with Crippen molar-refractivity contribution in [2.45, 2.75) is 44.1 Å². The van der Waals surface area contributed by atoms with Crippen molar-refractivity contribution >= 4 is 0 Å². The van der Waals surface area contributed by atoms with Crippen molar-refractivity contribution in [2.75, 3.05) is 6.54 Å². The molecule has 2 heterocycles. The molecule has 3 atom stereocenters. The molecular weight excluding hydrogens is 198 g/mol. The van der Waals surface area contributed by atoms with Gasteiger partial charge in [0.2, 0.25) is 0 Å². The maximum absolute atomic E-state index is 5.65. The van der Waals surface area contributed by atoms with Crippen LogP contribution in [0.3, 0.4) is 0 Å². The highest BCUT2D eigenvalue weighted by atomic mass is 16.3. The lowest BCUT2D eigenvalue weighted by Crippen LogP contribution is -2.49. The summed E-state index contributed by atoms with van der Waals surface area (Å²) in [7, 11) is 0. The highest BCUT2D eigenvalue weighted by Crippen LogP contribution is 2.55. The Morgan fingerprint density at radius 1 is 1.31 bits per heavy atom. The molecule has 3 aliphatic rings. The molecule has 1 aromatic rings. The zero-order valence-corrected chi connectivity index (χ0v) is 9.67. The lowest BCUT2D eigenvalue weighted by molar-refractivity contribution is 0.212. The number of hydrogen-bond donors (Lipinski definition) is 1. The van der Waals surface area contributed by atoms with Crippen molar-refractivity contribution in [2.24, 2.45) is 11.8 Å². The van der Waals surface area contributed by atoms with Crippen LogP contribution in [-0.2, 0) is 12.0 Å². The van der Waals surface area contributed by atoms with Gasteiger partial charge in [0.25, 0.3) is 0 Å². The van der Waals surface area contributed by atoms with Gasteiger partial charge in [0.1, 0.15) is 5.76 Å². The first-order valence-corrected chi connectivity index (χ1v) is 6.72. The van der Waals surface area contributed by atoms with Gasteiger partial charge in [-0.05, 0) is 37.2 Å². The minimum atomic E-state index is 0.293. The van der Waals surface area contributed by atoms with E-state index in [0.29, 0.717) is 5.54 Å². The quantitative estimate of drug-likeness (QED) is 0.723. The Morgan fingerprint density at radius 3 is 3.31 bits per heavy atom. The van der Waals surface area contributed by atoms with Gasteiger partial charge in [-0.25, -0.2) is 0 Å². The normalized spacial score (nSPS) is 41.2. The molecule has 2 aliphatic carbocycles. The van der Waals surface area contributed by atoms with E-state index in [0.717, 1.165) is 24.8 Å². The van der Waals surface area contributed by atoms with Gasteiger partial charge >= 0.3 is 0 Å². The topological polar surface area (TPSA) is 25.2 Å². The molecule has 0 radical (unpaired) electrons. The van der Waals surface area contributed by atoms with Gasteiger partial charge in [-0.3, -0.25) is 0 Å². The van der Waals surface area contributed by atoms with E-state index in [-0.39, 0.29) is 0 Å². The Kier molecular flexibility index (Phi) is 1.82. The molecular formula is C14H19NO. The van der Waals surface area contributed by atoms with Crippen molar-refractivity contribution in [3.05, 3.63) is 23.7 Å². The third-order valence-electron chi connectivity index (χ3n) is 5.22. The average Bonchev–Trinajstić information content (AvgIpc) is 2.97. The lowest BCUT2D eigenvalue weighted by Gasteiger charge is -2.39. The summed E-state index contributed by atoms with van der Waals surface area (Å²) in [5.74, 6) is 3.11. The number of rotatable bonds is 0. The van der Waals surface area contributed by atoms with Gasteiger partial charge in [0, 0.05) is 18.5 Å². The SMILES string of the molecule is c1cc2c(o1)CCNC21CCC2CCCC21. The van der Waals surface area contributed by atoms with Crippen molar-refractivity contribution in [1.29, 1.82) is 0 Å². The Bertz CT molecular complexity index is 411. The predicted octanol–water partition coefficient (Wildman–Crippen LogP) is 2.83. The third-order valence-corrected chi connectivity index (χ3v) is 5.22. The van der Waals surface area contributed by atoms with Crippen LogP contribution in [0.4, 0.5) is 0 Å². The first-order chi connectivity index (χ1) is 7.90. The van der Waals surface area contributed by atoms with E-state index in [1.54, 1.807) is 0 Å². The van der Waals surface area contributed by atoms with Crippen LogP contribution < -0.4 is 5.32 Å². The largest absolute Gasteiger partial charge is 0.469 e. The fraction of sp³-hybridized carbons (Fsp3) is 0.714. The van der Waals surface area contributed by atoms with Gasteiger partial charge < -0.3 is 9.73 Å². The van der Waals surface area contributed by atoms with Crippen molar-refractivity contribution in [3.63, 3.8) is 0 Å². The van der Waals surface area contributed by atoms with Crippen LogP contribution in [0, 0.1) is 11.8 Å².